The van der Waals surface area contributed by atoms with Gasteiger partial charge in [-0.1, -0.05) is 73.9 Å². The van der Waals surface area contributed by atoms with Crippen molar-refractivity contribution in [2.45, 2.75) is 82.8 Å². The third kappa shape index (κ3) is 6.74. The van der Waals surface area contributed by atoms with Gasteiger partial charge in [0.25, 0.3) is 0 Å². The molecule has 1 saturated carbocycles. The highest BCUT2D eigenvalue weighted by Gasteiger charge is 2.43. The van der Waals surface area contributed by atoms with Crippen LogP contribution in [0, 0.1) is 11.8 Å². The molecule has 2 aliphatic heterocycles. The zero-order valence-corrected chi connectivity index (χ0v) is 25.8. The number of aromatic nitrogens is 2. The Morgan fingerprint density at radius 3 is 2.35 bits per heavy atom. The van der Waals surface area contributed by atoms with Crippen molar-refractivity contribution in [2.24, 2.45) is 17.6 Å². The number of aliphatic carboxylic acids is 1. The number of nitrogens with two attached hydrogens (primary N) is 1. The Kier molecular flexibility index (Phi) is 9.61. The lowest BCUT2D eigenvalue weighted by molar-refractivity contribution is -0.145. The van der Waals surface area contributed by atoms with Gasteiger partial charge in [-0.25, -0.2) is 0 Å². The topological polar surface area (TPSA) is 87.6 Å². The van der Waals surface area contributed by atoms with Crippen LogP contribution in [0.5, 0.6) is 0 Å². The fourth-order valence-corrected chi connectivity index (χ4v) is 8.16. The summed E-state index contributed by atoms with van der Waals surface area (Å²) in [6, 6.07) is 21.3. The van der Waals surface area contributed by atoms with Gasteiger partial charge in [-0.2, -0.15) is 5.10 Å². The van der Waals surface area contributed by atoms with Gasteiger partial charge in [0.1, 0.15) is 6.04 Å². The molecule has 6 rings (SSSR count). The van der Waals surface area contributed by atoms with E-state index in [0.29, 0.717) is 24.3 Å². The Labute approximate surface area is 257 Å². The average molecular weight is 584 g/mol. The first kappa shape index (κ1) is 30.0. The number of benzene rings is 2. The van der Waals surface area contributed by atoms with E-state index in [1.54, 1.807) is 0 Å². The lowest BCUT2D eigenvalue weighted by Crippen LogP contribution is -2.46. The molecule has 7 nitrogen and oxygen atoms in total. The molecule has 3 N–H and O–H groups in total. The third-order valence-corrected chi connectivity index (χ3v) is 10.5. The minimum absolute atomic E-state index is 0.281. The van der Waals surface area contributed by atoms with Gasteiger partial charge in [0.05, 0.1) is 11.4 Å². The van der Waals surface area contributed by atoms with Gasteiger partial charge in [-0.3, -0.25) is 14.4 Å². The molecule has 0 amide bonds. The molecular formula is C36H49N5O2. The highest BCUT2D eigenvalue weighted by Crippen LogP contribution is 2.39. The van der Waals surface area contributed by atoms with Gasteiger partial charge < -0.3 is 15.7 Å². The second kappa shape index (κ2) is 13.7. The average Bonchev–Trinajstić information content (AvgIpc) is 3.67. The van der Waals surface area contributed by atoms with Crippen molar-refractivity contribution in [2.75, 3.05) is 32.7 Å². The van der Waals surface area contributed by atoms with E-state index in [4.69, 9.17) is 10.8 Å². The Bertz CT molecular complexity index is 1330. The molecule has 1 aliphatic carbocycles. The summed E-state index contributed by atoms with van der Waals surface area (Å²) >= 11 is 0. The molecule has 3 aliphatic rings. The van der Waals surface area contributed by atoms with Crippen LogP contribution in [0.2, 0.25) is 0 Å². The molecule has 1 unspecified atom stereocenters. The van der Waals surface area contributed by atoms with Gasteiger partial charge in [0.2, 0.25) is 0 Å². The Morgan fingerprint density at radius 1 is 0.977 bits per heavy atom. The normalized spacial score (nSPS) is 23.5. The van der Waals surface area contributed by atoms with E-state index in [-0.39, 0.29) is 12.0 Å². The molecule has 3 aromatic rings. The fourth-order valence-electron chi connectivity index (χ4n) is 8.16. The van der Waals surface area contributed by atoms with Crippen LogP contribution in [0.4, 0.5) is 0 Å². The van der Waals surface area contributed by atoms with Crippen molar-refractivity contribution in [3.05, 3.63) is 77.5 Å². The Morgan fingerprint density at radius 2 is 1.70 bits per heavy atom. The number of aryl methyl sites for hydroxylation is 1. The molecule has 43 heavy (non-hydrogen) atoms. The van der Waals surface area contributed by atoms with Crippen molar-refractivity contribution in [3.8, 4) is 11.3 Å². The van der Waals surface area contributed by atoms with Crippen LogP contribution in [-0.4, -0.2) is 69.4 Å². The smallest absolute Gasteiger partial charge is 0.321 e. The minimum atomic E-state index is -0.624. The molecule has 0 bridgehead atoms. The van der Waals surface area contributed by atoms with Crippen LogP contribution >= 0.6 is 0 Å². The number of hydrogen-bond acceptors (Lipinski definition) is 5. The summed E-state index contributed by atoms with van der Waals surface area (Å²) in [5, 5.41) is 15.4. The second-order valence-electron chi connectivity index (χ2n) is 13.2. The van der Waals surface area contributed by atoms with Crippen LogP contribution in [0.3, 0.4) is 0 Å². The first-order chi connectivity index (χ1) is 21.0. The standard InChI is InChI=1S/C36H49N5O2/c1-2-41-34(29-15-13-26(22-37)14-16-29)21-33(38-41)28-17-19-39(20-18-28)23-31-24-40(25-32(31)27-9-5-3-6-10-27)35(36(42)43)30-11-7-4-8-12-30/h3,5-6,9-10,13-16,21,28,30-32,35H,2,4,7-8,11-12,17-20,22-25,37H2,1H3,(H,42,43)/t31-,32?,35+/m0/s1. The van der Waals surface area contributed by atoms with Crippen molar-refractivity contribution in [1.29, 1.82) is 0 Å². The molecule has 7 heteroatoms. The lowest BCUT2D eigenvalue weighted by atomic mass is 9.83. The van der Waals surface area contributed by atoms with Crippen molar-refractivity contribution < 1.29 is 9.90 Å². The van der Waals surface area contributed by atoms with E-state index in [9.17, 15) is 9.90 Å². The Hall–Kier alpha value is -3.00. The van der Waals surface area contributed by atoms with E-state index < -0.39 is 5.97 Å². The molecule has 3 fully saturated rings. The fraction of sp³-hybridized carbons (Fsp3) is 0.556. The first-order valence-corrected chi connectivity index (χ1v) is 16.6. The van der Waals surface area contributed by atoms with E-state index in [1.165, 1.54) is 41.8 Å². The van der Waals surface area contributed by atoms with Crippen molar-refractivity contribution in [3.63, 3.8) is 0 Å². The monoisotopic (exact) mass is 583 g/mol. The summed E-state index contributed by atoms with van der Waals surface area (Å²) < 4.78 is 2.14. The number of likely N-dealkylation sites (tertiary alicyclic amines) is 2. The summed E-state index contributed by atoms with van der Waals surface area (Å²) in [4.78, 5) is 17.6. The summed E-state index contributed by atoms with van der Waals surface area (Å²) in [6.45, 7) is 8.45. The van der Waals surface area contributed by atoms with Crippen molar-refractivity contribution >= 4 is 5.97 Å². The van der Waals surface area contributed by atoms with Crippen LogP contribution in [0.15, 0.2) is 60.7 Å². The van der Waals surface area contributed by atoms with Crippen LogP contribution in [-0.2, 0) is 17.9 Å². The van der Waals surface area contributed by atoms with Crippen LogP contribution < -0.4 is 5.73 Å². The van der Waals surface area contributed by atoms with E-state index >= 15 is 0 Å². The third-order valence-electron chi connectivity index (χ3n) is 10.5. The predicted molar refractivity (Wildman–Crippen MR) is 172 cm³/mol. The van der Waals surface area contributed by atoms with E-state index in [2.05, 4.69) is 82.1 Å². The maximum absolute atomic E-state index is 12.6. The quantitative estimate of drug-likeness (QED) is 0.306. The minimum Gasteiger partial charge on any atom is -0.480 e. The lowest BCUT2D eigenvalue weighted by Gasteiger charge is -2.35. The molecule has 2 saturated heterocycles. The molecule has 1 aromatic heterocycles. The number of rotatable bonds is 10. The SMILES string of the molecule is CCn1nc(C2CCN(C[C@H]3CN([C@@H](C(=O)O)C4CCCCC4)CC3c3ccccc3)CC2)cc1-c1ccc(CN)cc1. The summed E-state index contributed by atoms with van der Waals surface area (Å²) in [7, 11) is 0. The number of carbonyl (C=O) groups is 1. The van der Waals surface area contributed by atoms with Crippen LogP contribution in [0.25, 0.3) is 11.3 Å². The predicted octanol–water partition coefficient (Wildman–Crippen LogP) is 5.96. The van der Waals surface area contributed by atoms with Gasteiger partial charge in [-0.05, 0) is 80.3 Å². The van der Waals surface area contributed by atoms with Crippen molar-refractivity contribution in [1.82, 2.24) is 19.6 Å². The maximum atomic E-state index is 12.6. The van der Waals surface area contributed by atoms with Gasteiger partial charge in [0, 0.05) is 44.6 Å². The highest BCUT2D eigenvalue weighted by molar-refractivity contribution is 5.74. The second-order valence-corrected chi connectivity index (χ2v) is 13.2. The molecular weight excluding hydrogens is 534 g/mol. The van der Waals surface area contributed by atoms with Gasteiger partial charge in [0.15, 0.2) is 0 Å². The summed E-state index contributed by atoms with van der Waals surface area (Å²) in [5.41, 5.74) is 11.9. The highest BCUT2D eigenvalue weighted by atomic mass is 16.4. The van der Waals surface area contributed by atoms with Crippen LogP contribution in [0.1, 0.15) is 80.5 Å². The summed E-state index contributed by atoms with van der Waals surface area (Å²) in [6.07, 6.45) is 7.90. The molecule has 3 atom stereocenters. The number of carboxylic acids is 1. The molecule has 3 heterocycles. The number of hydrogen-bond donors (Lipinski definition) is 2. The first-order valence-electron chi connectivity index (χ1n) is 16.6. The van der Waals surface area contributed by atoms with Gasteiger partial charge in [-0.15, -0.1) is 0 Å². The Balaban J connectivity index is 1.13. The molecule has 230 valence electrons. The van der Waals surface area contributed by atoms with Gasteiger partial charge >= 0.3 is 5.97 Å². The summed E-state index contributed by atoms with van der Waals surface area (Å²) in [5.74, 6) is 0.938. The molecule has 2 aromatic carbocycles. The zero-order chi connectivity index (χ0) is 29.8. The zero-order valence-electron chi connectivity index (χ0n) is 25.8. The maximum Gasteiger partial charge on any atom is 0.321 e. The van der Waals surface area contributed by atoms with E-state index in [1.807, 2.05) is 0 Å². The molecule has 0 radical (unpaired) electrons. The number of piperidine rings is 1. The number of nitrogens with zero attached hydrogens (tertiary/aromatic N) is 4. The largest absolute Gasteiger partial charge is 0.480 e. The van der Waals surface area contributed by atoms with E-state index in [0.717, 1.165) is 70.5 Å². The molecule has 0 spiro atoms. The number of carboxylic acid groups (broad SMARTS) is 1.